The van der Waals surface area contributed by atoms with Gasteiger partial charge in [0.15, 0.2) is 0 Å². The van der Waals surface area contributed by atoms with Crippen molar-refractivity contribution >= 4 is 0 Å². The van der Waals surface area contributed by atoms with E-state index < -0.39 is 6.10 Å². The smallest absolute Gasteiger partial charge is 0.217 e. The van der Waals surface area contributed by atoms with Gasteiger partial charge in [-0.3, -0.25) is 0 Å². The second-order valence-electron chi connectivity index (χ2n) is 6.57. The van der Waals surface area contributed by atoms with Gasteiger partial charge in [-0.05, 0) is 38.5 Å². The molecule has 1 aliphatic carbocycles. The predicted octanol–water partition coefficient (Wildman–Crippen LogP) is 2.51. The van der Waals surface area contributed by atoms with Gasteiger partial charge < -0.3 is 14.6 Å². The molecule has 1 aliphatic heterocycles. The average Bonchev–Trinajstić information content (AvgIpc) is 3.02. The van der Waals surface area contributed by atoms with Gasteiger partial charge in [0.2, 0.25) is 5.88 Å². The van der Waals surface area contributed by atoms with Crippen LogP contribution >= 0.6 is 0 Å². The summed E-state index contributed by atoms with van der Waals surface area (Å²) in [4.78, 5) is 0. The Morgan fingerprint density at radius 3 is 2.81 bits per heavy atom. The summed E-state index contributed by atoms with van der Waals surface area (Å²) in [6.07, 6.45) is 6.11. The van der Waals surface area contributed by atoms with Crippen molar-refractivity contribution in [3.8, 4) is 5.88 Å². The van der Waals surface area contributed by atoms with E-state index in [-0.39, 0.29) is 11.5 Å². The van der Waals surface area contributed by atoms with Crippen LogP contribution in [0.25, 0.3) is 0 Å². The number of aromatic nitrogens is 2. The second kappa shape index (κ2) is 5.61. The van der Waals surface area contributed by atoms with Gasteiger partial charge in [-0.2, -0.15) is 5.10 Å². The zero-order chi connectivity index (χ0) is 15.0. The first-order valence-electron chi connectivity index (χ1n) is 7.96. The van der Waals surface area contributed by atoms with Crippen LogP contribution in [0, 0.1) is 12.8 Å². The molecule has 5 nitrogen and oxygen atoms in total. The Hall–Kier alpha value is -1.07. The summed E-state index contributed by atoms with van der Waals surface area (Å²) in [6, 6.07) is 0. The third kappa shape index (κ3) is 2.57. The molecule has 2 atom stereocenters. The fourth-order valence-electron chi connectivity index (χ4n) is 4.17. The molecule has 1 aromatic rings. The molecule has 1 N–H and O–H groups in total. The van der Waals surface area contributed by atoms with Crippen molar-refractivity contribution in [2.45, 2.75) is 57.2 Å². The Morgan fingerprint density at radius 1 is 1.43 bits per heavy atom. The summed E-state index contributed by atoms with van der Waals surface area (Å²) in [5.41, 5.74) is 1.72. The lowest BCUT2D eigenvalue weighted by molar-refractivity contribution is -0.113. The summed E-state index contributed by atoms with van der Waals surface area (Å²) in [7, 11) is 3.49. The van der Waals surface area contributed by atoms with Crippen LogP contribution in [0.5, 0.6) is 5.88 Å². The molecule has 3 rings (SSSR count). The van der Waals surface area contributed by atoms with E-state index in [1.54, 1.807) is 11.8 Å². The van der Waals surface area contributed by atoms with Crippen molar-refractivity contribution in [1.29, 1.82) is 0 Å². The third-order valence-corrected chi connectivity index (χ3v) is 5.20. The minimum atomic E-state index is -0.518. The molecule has 21 heavy (non-hydrogen) atoms. The Morgan fingerprint density at radius 2 is 2.14 bits per heavy atom. The van der Waals surface area contributed by atoms with E-state index in [1.807, 2.05) is 14.0 Å². The molecule has 2 unspecified atom stereocenters. The first-order chi connectivity index (χ1) is 10.1. The zero-order valence-corrected chi connectivity index (χ0v) is 13.3. The topological polar surface area (TPSA) is 56.5 Å². The molecule has 1 spiro atoms. The predicted molar refractivity (Wildman–Crippen MR) is 79.3 cm³/mol. The largest absolute Gasteiger partial charge is 0.481 e. The van der Waals surface area contributed by atoms with Crippen LogP contribution in [0.1, 0.15) is 55.9 Å². The van der Waals surface area contributed by atoms with Gasteiger partial charge >= 0.3 is 0 Å². The van der Waals surface area contributed by atoms with Gasteiger partial charge in [-0.1, -0.05) is 12.8 Å². The Bertz CT molecular complexity index is 506. The number of aliphatic hydroxyl groups is 1. The van der Waals surface area contributed by atoms with Crippen LogP contribution < -0.4 is 4.74 Å². The van der Waals surface area contributed by atoms with E-state index in [9.17, 15) is 5.11 Å². The lowest BCUT2D eigenvalue weighted by atomic mass is 9.80. The monoisotopic (exact) mass is 294 g/mol. The van der Waals surface area contributed by atoms with Crippen LogP contribution in [0.2, 0.25) is 0 Å². The molecule has 1 aromatic heterocycles. The van der Waals surface area contributed by atoms with Gasteiger partial charge in [-0.25, -0.2) is 4.68 Å². The molecular weight excluding hydrogens is 268 g/mol. The molecular formula is C16H26N2O3. The number of aliphatic hydroxyl groups excluding tert-OH is 1. The van der Waals surface area contributed by atoms with Crippen molar-refractivity contribution in [2.24, 2.45) is 13.0 Å². The van der Waals surface area contributed by atoms with E-state index in [0.717, 1.165) is 43.5 Å². The molecule has 2 fully saturated rings. The van der Waals surface area contributed by atoms with Crippen LogP contribution in [0.4, 0.5) is 0 Å². The molecule has 0 bridgehead atoms. The van der Waals surface area contributed by atoms with Gasteiger partial charge in [0.25, 0.3) is 0 Å². The lowest BCUT2D eigenvalue weighted by Gasteiger charge is -2.40. The van der Waals surface area contributed by atoms with Crippen molar-refractivity contribution < 1.29 is 14.6 Å². The Labute approximate surface area is 126 Å². The third-order valence-electron chi connectivity index (χ3n) is 5.20. The lowest BCUT2D eigenvalue weighted by Crippen LogP contribution is -2.39. The van der Waals surface area contributed by atoms with Gasteiger partial charge in [0.05, 0.1) is 30.1 Å². The minimum Gasteiger partial charge on any atom is -0.481 e. The highest BCUT2D eigenvalue weighted by Crippen LogP contribution is 2.46. The highest BCUT2D eigenvalue weighted by Gasteiger charge is 2.43. The molecule has 2 heterocycles. The van der Waals surface area contributed by atoms with Crippen LogP contribution in [0.3, 0.4) is 0 Å². The van der Waals surface area contributed by atoms with Crippen LogP contribution in [0.15, 0.2) is 0 Å². The second-order valence-corrected chi connectivity index (χ2v) is 6.57. The normalized spacial score (nSPS) is 26.2. The van der Waals surface area contributed by atoms with Crippen molar-refractivity contribution in [2.75, 3.05) is 13.7 Å². The maximum absolute atomic E-state index is 10.9. The zero-order valence-electron chi connectivity index (χ0n) is 13.3. The fraction of sp³-hybridized carbons (Fsp3) is 0.812. The number of nitrogens with zero attached hydrogens (tertiary/aromatic N) is 2. The van der Waals surface area contributed by atoms with E-state index >= 15 is 0 Å². The first kappa shape index (κ1) is 14.9. The summed E-state index contributed by atoms with van der Waals surface area (Å²) in [5.74, 6) is 0.903. The van der Waals surface area contributed by atoms with E-state index in [0.29, 0.717) is 5.88 Å². The molecule has 5 heteroatoms. The van der Waals surface area contributed by atoms with Crippen molar-refractivity contribution in [1.82, 2.24) is 9.78 Å². The average molecular weight is 294 g/mol. The molecule has 1 saturated heterocycles. The quantitative estimate of drug-likeness (QED) is 0.930. The SMILES string of the molecule is COc1c(C(O)C2CCOC3(CCCC3)C2)c(C)nn1C. The molecule has 0 radical (unpaired) electrons. The van der Waals surface area contributed by atoms with E-state index in [2.05, 4.69) is 5.10 Å². The van der Waals surface area contributed by atoms with Gasteiger partial charge in [-0.15, -0.1) is 0 Å². The molecule has 2 aliphatic rings. The molecule has 118 valence electrons. The number of hydrogen-bond acceptors (Lipinski definition) is 4. The highest BCUT2D eigenvalue weighted by atomic mass is 16.5. The number of aryl methyl sites for hydroxylation is 2. The summed E-state index contributed by atoms with van der Waals surface area (Å²) in [5, 5.41) is 15.3. The van der Waals surface area contributed by atoms with Gasteiger partial charge in [0.1, 0.15) is 0 Å². The number of rotatable bonds is 3. The standard InChI is InChI=1S/C16H26N2O3/c1-11-13(15(20-3)18(2)17-11)14(19)12-6-9-21-16(10-12)7-4-5-8-16/h12,14,19H,4-10H2,1-3H3. The van der Waals surface area contributed by atoms with Gasteiger partial charge in [0, 0.05) is 13.7 Å². The molecule has 1 saturated carbocycles. The summed E-state index contributed by atoms with van der Waals surface area (Å²) in [6.45, 7) is 2.69. The maximum atomic E-state index is 10.9. The van der Waals surface area contributed by atoms with E-state index in [4.69, 9.17) is 9.47 Å². The Kier molecular flexibility index (Phi) is 3.97. The number of hydrogen-bond donors (Lipinski definition) is 1. The Balaban J connectivity index is 1.83. The first-order valence-corrected chi connectivity index (χ1v) is 7.96. The van der Waals surface area contributed by atoms with E-state index in [1.165, 1.54) is 12.8 Å². The number of ether oxygens (including phenoxy) is 2. The van der Waals surface area contributed by atoms with Crippen LogP contribution in [-0.2, 0) is 11.8 Å². The fourth-order valence-corrected chi connectivity index (χ4v) is 4.17. The van der Waals surface area contributed by atoms with Crippen LogP contribution in [-0.4, -0.2) is 34.2 Å². The van der Waals surface area contributed by atoms with Crippen molar-refractivity contribution in [3.05, 3.63) is 11.3 Å². The highest BCUT2D eigenvalue weighted by molar-refractivity contribution is 5.33. The maximum Gasteiger partial charge on any atom is 0.217 e. The molecule has 0 amide bonds. The van der Waals surface area contributed by atoms with Crippen molar-refractivity contribution in [3.63, 3.8) is 0 Å². The minimum absolute atomic E-state index is 0.0211. The molecule has 0 aromatic carbocycles. The number of methoxy groups -OCH3 is 1. The summed E-state index contributed by atoms with van der Waals surface area (Å²) < 4.78 is 13.2. The summed E-state index contributed by atoms with van der Waals surface area (Å²) >= 11 is 0.